The summed E-state index contributed by atoms with van der Waals surface area (Å²) in [4.78, 5) is 11.7. The number of anilines is 1. The minimum Gasteiger partial charge on any atom is -0.389 e. The lowest BCUT2D eigenvalue weighted by atomic mass is 10.0. The number of hydrogen-bond donors (Lipinski definition) is 3. The van der Waals surface area contributed by atoms with Crippen LogP contribution in [0.4, 0.5) is 5.69 Å². The van der Waals surface area contributed by atoms with E-state index in [2.05, 4.69) is 10.6 Å². The molecule has 0 radical (unpaired) electrons. The molecule has 0 aliphatic rings. The SMILES string of the molecule is COCCC(C)(O)CNCC(=O)Nc1ccc(C)cc1. The maximum Gasteiger partial charge on any atom is 0.238 e. The number of amides is 1. The topological polar surface area (TPSA) is 70.6 Å². The Balaban J connectivity index is 2.28. The minimum absolute atomic E-state index is 0.128. The Bertz CT molecular complexity index is 416. The lowest BCUT2D eigenvalue weighted by molar-refractivity contribution is -0.115. The lowest BCUT2D eigenvalue weighted by Gasteiger charge is -2.23. The number of carbonyl (C=O) groups excluding carboxylic acids is 1. The van der Waals surface area contributed by atoms with Crippen LogP contribution in [-0.4, -0.2) is 43.4 Å². The predicted octanol–water partition coefficient (Wildman–Crippen LogP) is 1.31. The molecule has 0 bridgehead atoms. The molecule has 20 heavy (non-hydrogen) atoms. The molecule has 1 aromatic carbocycles. The van der Waals surface area contributed by atoms with Crippen LogP contribution in [0, 0.1) is 6.92 Å². The molecule has 3 N–H and O–H groups in total. The van der Waals surface area contributed by atoms with E-state index in [-0.39, 0.29) is 12.5 Å². The molecule has 1 amide bonds. The van der Waals surface area contributed by atoms with Gasteiger partial charge in [0, 0.05) is 32.4 Å². The van der Waals surface area contributed by atoms with E-state index in [0.717, 1.165) is 11.3 Å². The van der Waals surface area contributed by atoms with Gasteiger partial charge < -0.3 is 20.5 Å². The van der Waals surface area contributed by atoms with Crippen LogP contribution >= 0.6 is 0 Å². The van der Waals surface area contributed by atoms with E-state index in [0.29, 0.717) is 19.6 Å². The van der Waals surface area contributed by atoms with E-state index >= 15 is 0 Å². The molecule has 1 rings (SSSR count). The van der Waals surface area contributed by atoms with Gasteiger partial charge in [0.1, 0.15) is 0 Å². The first-order chi connectivity index (χ1) is 9.43. The largest absolute Gasteiger partial charge is 0.389 e. The number of aryl methyl sites for hydroxylation is 1. The monoisotopic (exact) mass is 280 g/mol. The molecule has 0 saturated carbocycles. The van der Waals surface area contributed by atoms with Crippen LogP contribution in [0.15, 0.2) is 24.3 Å². The Morgan fingerprint density at radius 1 is 1.35 bits per heavy atom. The van der Waals surface area contributed by atoms with Crippen LogP contribution in [0.1, 0.15) is 18.9 Å². The number of rotatable bonds is 8. The molecule has 0 aromatic heterocycles. The second kappa shape index (κ2) is 7.99. The fraction of sp³-hybridized carbons (Fsp3) is 0.533. The van der Waals surface area contributed by atoms with Gasteiger partial charge in [0.25, 0.3) is 0 Å². The molecule has 0 heterocycles. The van der Waals surface area contributed by atoms with Crippen molar-refractivity contribution in [2.24, 2.45) is 0 Å². The average molecular weight is 280 g/mol. The molecule has 0 fully saturated rings. The van der Waals surface area contributed by atoms with Crippen molar-refractivity contribution in [3.63, 3.8) is 0 Å². The average Bonchev–Trinajstić information content (AvgIpc) is 2.39. The van der Waals surface area contributed by atoms with Crippen LogP contribution in [-0.2, 0) is 9.53 Å². The Morgan fingerprint density at radius 2 is 2.00 bits per heavy atom. The van der Waals surface area contributed by atoms with Gasteiger partial charge in [-0.3, -0.25) is 4.79 Å². The summed E-state index contributed by atoms with van der Waals surface area (Å²) < 4.78 is 4.93. The number of hydrogen-bond acceptors (Lipinski definition) is 4. The Morgan fingerprint density at radius 3 is 2.60 bits per heavy atom. The first-order valence-corrected chi connectivity index (χ1v) is 6.71. The predicted molar refractivity (Wildman–Crippen MR) is 79.8 cm³/mol. The standard InChI is InChI=1S/C15H24N2O3/c1-12-4-6-13(7-5-12)17-14(18)10-16-11-15(2,19)8-9-20-3/h4-7,16,19H,8-11H2,1-3H3,(H,17,18). The van der Waals surface area contributed by atoms with Crippen LogP contribution < -0.4 is 10.6 Å². The van der Waals surface area contributed by atoms with Gasteiger partial charge in [-0.1, -0.05) is 17.7 Å². The Hall–Kier alpha value is -1.43. The molecule has 0 spiro atoms. The fourth-order valence-electron chi connectivity index (χ4n) is 1.70. The summed E-state index contributed by atoms with van der Waals surface area (Å²) >= 11 is 0. The molecular weight excluding hydrogens is 256 g/mol. The van der Waals surface area contributed by atoms with Crippen LogP contribution in [0.2, 0.25) is 0 Å². The molecule has 5 nitrogen and oxygen atoms in total. The highest BCUT2D eigenvalue weighted by Gasteiger charge is 2.19. The van der Waals surface area contributed by atoms with Crippen LogP contribution in [0.5, 0.6) is 0 Å². The second-order valence-corrected chi connectivity index (χ2v) is 5.26. The summed E-state index contributed by atoms with van der Waals surface area (Å²) in [5, 5.41) is 15.7. The van der Waals surface area contributed by atoms with Gasteiger partial charge in [-0.15, -0.1) is 0 Å². The highest BCUT2D eigenvalue weighted by Crippen LogP contribution is 2.09. The van der Waals surface area contributed by atoms with E-state index in [1.807, 2.05) is 31.2 Å². The van der Waals surface area contributed by atoms with Crippen molar-refractivity contribution in [1.29, 1.82) is 0 Å². The normalized spacial score (nSPS) is 13.8. The van der Waals surface area contributed by atoms with Crippen molar-refractivity contribution in [3.05, 3.63) is 29.8 Å². The van der Waals surface area contributed by atoms with E-state index in [4.69, 9.17) is 4.74 Å². The van der Waals surface area contributed by atoms with E-state index in [1.54, 1.807) is 14.0 Å². The fourth-order valence-corrected chi connectivity index (χ4v) is 1.70. The Labute approximate surface area is 120 Å². The number of ether oxygens (including phenoxy) is 1. The first kappa shape index (κ1) is 16.6. The summed E-state index contributed by atoms with van der Waals surface area (Å²) in [6, 6.07) is 7.61. The number of methoxy groups -OCH3 is 1. The number of benzene rings is 1. The van der Waals surface area contributed by atoms with Crippen LogP contribution in [0.25, 0.3) is 0 Å². The molecule has 5 heteroatoms. The molecule has 1 unspecified atom stereocenters. The number of nitrogens with one attached hydrogen (secondary N) is 2. The zero-order valence-corrected chi connectivity index (χ0v) is 12.4. The highest BCUT2D eigenvalue weighted by atomic mass is 16.5. The van der Waals surface area contributed by atoms with Gasteiger partial charge in [-0.2, -0.15) is 0 Å². The maximum absolute atomic E-state index is 11.7. The second-order valence-electron chi connectivity index (χ2n) is 5.26. The third kappa shape index (κ3) is 6.65. The van der Waals surface area contributed by atoms with Crippen molar-refractivity contribution >= 4 is 11.6 Å². The summed E-state index contributed by atoms with van der Waals surface area (Å²) in [6.45, 7) is 4.71. The third-order valence-corrected chi connectivity index (χ3v) is 2.97. The van der Waals surface area contributed by atoms with Crippen molar-refractivity contribution in [2.45, 2.75) is 25.9 Å². The molecule has 0 aliphatic carbocycles. The molecule has 1 atom stereocenters. The Kier molecular flexibility index (Phi) is 6.64. The molecule has 0 saturated heterocycles. The third-order valence-electron chi connectivity index (χ3n) is 2.97. The van der Waals surface area contributed by atoms with Crippen molar-refractivity contribution in [2.75, 3.05) is 32.1 Å². The number of aliphatic hydroxyl groups is 1. The maximum atomic E-state index is 11.7. The molecule has 1 aromatic rings. The lowest BCUT2D eigenvalue weighted by Crippen LogP contribution is -2.41. The zero-order valence-electron chi connectivity index (χ0n) is 12.4. The smallest absolute Gasteiger partial charge is 0.238 e. The number of carbonyl (C=O) groups is 1. The van der Waals surface area contributed by atoms with Crippen LogP contribution in [0.3, 0.4) is 0 Å². The summed E-state index contributed by atoms with van der Waals surface area (Å²) in [5.41, 5.74) is 1.05. The minimum atomic E-state index is -0.875. The van der Waals surface area contributed by atoms with E-state index in [9.17, 15) is 9.90 Å². The highest BCUT2D eigenvalue weighted by molar-refractivity contribution is 5.92. The first-order valence-electron chi connectivity index (χ1n) is 6.71. The summed E-state index contributed by atoms with van der Waals surface area (Å²) in [5.74, 6) is -0.128. The van der Waals surface area contributed by atoms with Gasteiger partial charge in [0.2, 0.25) is 5.91 Å². The van der Waals surface area contributed by atoms with Gasteiger partial charge in [-0.25, -0.2) is 0 Å². The zero-order chi connectivity index (χ0) is 15.0. The van der Waals surface area contributed by atoms with Gasteiger partial charge >= 0.3 is 0 Å². The van der Waals surface area contributed by atoms with E-state index in [1.165, 1.54) is 0 Å². The van der Waals surface area contributed by atoms with Crippen molar-refractivity contribution in [3.8, 4) is 0 Å². The molecular formula is C15H24N2O3. The quantitative estimate of drug-likeness (QED) is 0.671. The summed E-state index contributed by atoms with van der Waals surface area (Å²) in [6.07, 6.45) is 0.524. The van der Waals surface area contributed by atoms with E-state index < -0.39 is 5.60 Å². The van der Waals surface area contributed by atoms with Crippen molar-refractivity contribution in [1.82, 2.24) is 5.32 Å². The van der Waals surface area contributed by atoms with Gasteiger partial charge in [-0.05, 0) is 26.0 Å². The van der Waals surface area contributed by atoms with Gasteiger partial charge in [0.15, 0.2) is 0 Å². The van der Waals surface area contributed by atoms with Crippen molar-refractivity contribution < 1.29 is 14.6 Å². The molecule has 0 aliphatic heterocycles. The summed E-state index contributed by atoms with van der Waals surface area (Å²) in [7, 11) is 1.60. The molecule has 112 valence electrons. The van der Waals surface area contributed by atoms with Gasteiger partial charge in [0.05, 0.1) is 12.1 Å².